The number of hydrogen-bond acceptors (Lipinski definition) is 5. The molecule has 56 heavy (non-hydrogen) atoms. The van der Waals surface area contributed by atoms with Gasteiger partial charge in [-0.3, -0.25) is 0 Å². The Balaban J connectivity index is 0.000000561. The Labute approximate surface area is 329 Å². The first-order valence-electron chi connectivity index (χ1n) is 20.4. The molecule has 5 nitrogen and oxygen atoms in total. The third-order valence-electron chi connectivity index (χ3n) is 10.8. The minimum atomic E-state index is -2.79. The summed E-state index contributed by atoms with van der Waals surface area (Å²) in [6.45, 7) is 6.23. The van der Waals surface area contributed by atoms with Crippen LogP contribution in [0, 0.1) is 58.4 Å². The molecule has 2 aromatic carbocycles. The van der Waals surface area contributed by atoms with E-state index in [1.54, 1.807) is 14.2 Å². The van der Waals surface area contributed by atoms with Gasteiger partial charge in [0.15, 0.2) is 52.3 Å². The maximum atomic E-state index is 13.8. The lowest BCUT2D eigenvalue weighted by Crippen LogP contribution is -2.39. The third kappa shape index (κ3) is 18.1. The van der Waals surface area contributed by atoms with Gasteiger partial charge in [0.05, 0.1) is 0 Å². The second kappa shape index (κ2) is 27.4. The molecule has 324 valence electrons. The summed E-state index contributed by atoms with van der Waals surface area (Å²) in [5, 5.41) is 28.5. The molecule has 2 unspecified atom stereocenters. The zero-order valence-corrected chi connectivity index (χ0v) is 34.0. The van der Waals surface area contributed by atoms with Crippen molar-refractivity contribution in [1.82, 2.24) is 0 Å². The molecular weight excluding hydrogens is 748 g/mol. The van der Waals surface area contributed by atoms with Crippen molar-refractivity contribution < 1.29 is 59.9 Å². The number of unbranched alkanes of at least 4 members (excludes halogenated alkanes) is 12. The Hall–Kier alpha value is -2.32. The molecular formula is C43H66F8O5. The molecule has 0 saturated heterocycles. The summed E-state index contributed by atoms with van der Waals surface area (Å²) in [7, 11) is 3.24. The van der Waals surface area contributed by atoms with E-state index in [9.17, 15) is 50.4 Å². The van der Waals surface area contributed by atoms with E-state index in [-0.39, 0.29) is 36.3 Å². The van der Waals surface area contributed by atoms with Gasteiger partial charge in [-0.2, -0.15) is 0 Å². The Morgan fingerprint density at radius 3 is 1.12 bits per heavy atom. The number of rotatable bonds is 28. The van der Waals surface area contributed by atoms with Gasteiger partial charge in [0.25, 0.3) is 5.97 Å². The molecule has 0 bridgehead atoms. The standard InChI is InChI=1S/C23H36F4O2.C20H30F4O3/c1-5-6-7-8-9-10-14-18(23(2,28-3)29-4)15-12-11-13-17-16-19(24)21(26)22(27)20(17)25;1-2-3-4-5-6-7-11-15(20(25,26)27)12-9-8-10-14-13-16(21)18(23)19(24)17(14)22/h16,18H,5-15H2,1-4H3;13,15,25-27H,2-12H2,1H3. The van der Waals surface area contributed by atoms with Crippen LogP contribution in [0.15, 0.2) is 12.1 Å². The fraction of sp³-hybridized carbons (Fsp3) is 0.721. The molecule has 3 N–H and O–H groups in total. The average molecular weight is 815 g/mol. The average Bonchev–Trinajstić information content (AvgIpc) is 3.17. The number of halogens is 8. The van der Waals surface area contributed by atoms with Crippen LogP contribution >= 0.6 is 0 Å². The maximum absolute atomic E-state index is 13.8. The molecule has 0 aliphatic heterocycles. The fourth-order valence-corrected chi connectivity index (χ4v) is 6.98. The highest BCUT2D eigenvalue weighted by molar-refractivity contribution is 5.22. The van der Waals surface area contributed by atoms with E-state index in [0.717, 1.165) is 70.3 Å². The number of methoxy groups -OCH3 is 2. The lowest BCUT2D eigenvalue weighted by atomic mass is 9.87. The van der Waals surface area contributed by atoms with Crippen molar-refractivity contribution in [2.75, 3.05) is 14.2 Å². The number of aryl methyl sites for hydroxylation is 2. The molecule has 0 aliphatic rings. The second-order valence-electron chi connectivity index (χ2n) is 15.0. The number of benzene rings is 2. The Morgan fingerprint density at radius 1 is 0.464 bits per heavy atom. The molecule has 2 aromatic rings. The van der Waals surface area contributed by atoms with Gasteiger partial charge in [-0.15, -0.1) is 0 Å². The highest BCUT2D eigenvalue weighted by Gasteiger charge is 2.34. The van der Waals surface area contributed by atoms with Gasteiger partial charge in [-0.1, -0.05) is 104 Å². The van der Waals surface area contributed by atoms with Gasteiger partial charge in [0, 0.05) is 26.1 Å². The molecule has 0 spiro atoms. The topological polar surface area (TPSA) is 79.2 Å². The van der Waals surface area contributed by atoms with Crippen LogP contribution in [-0.4, -0.2) is 41.3 Å². The number of hydrogen-bond donors (Lipinski definition) is 3. The van der Waals surface area contributed by atoms with Crippen LogP contribution < -0.4 is 0 Å². The van der Waals surface area contributed by atoms with Crippen molar-refractivity contribution in [2.45, 2.75) is 174 Å². The van der Waals surface area contributed by atoms with Gasteiger partial charge in [0.1, 0.15) is 0 Å². The smallest absolute Gasteiger partial charge is 0.278 e. The largest absolute Gasteiger partial charge is 0.353 e. The normalized spacial score (nSPS) is 13.1. The quantitative estimate of drug-likeness (QED) is 0.0262. The molecule has 0 fully saturated rings. The molecule has 0 aliphatic carbocycles. The monoisotopic (exact) mass is 814 g/mol. The van der Waals surface area contributed by atoms with E-state index < -0.39 is 64.2 Å². The van der Waals surface area contributed by atoms with Crippen LogP contribution in [0.1, 0.15) is 160 Å². The zero-order valence-electron chi connectivity index (χ0n) is 34.0. The molecule has 0 radical (unpaired) electrons. The van der Waals surface area contributed by atoms with Crippen LogP contribution in [-0.2, 0) is 22.3 Å². The fourth-order valence-electron chi connectivity index (χ4n) is 6.98. The van der Waals surface area contributed by atoms with Crippen molar-refractivity contribution in [2.24, 2.45) is 11.8 Å². The van der Waals surface area contributed by atoms with Crippen molar-refractivity contribution in [1.29, 1.82) is 0 Å². The number of aliphatic hydroxyl groups is 3. The van der Waals surface area contributed by atoms with Crippen molar-refractivity contribution in [3.63, 3.8) is 0 Å². The number of ether oxygens (including phenoxy) is 2. The van der Waals surface area contributed by atoms with E-state index >= 15 is 0 Å². The Morgan fingerprint density at radius 2 is 0.786 bits per heavy atom. The predicted octanol–water partition coefficient (Wildman–Crippen LogP) is 12.3. The van der Waals surface area contributed by atoms with Gasteiger partial charge < -0.3 is 24.8 Å². The van der Waals surface area contributed by atoms with Crippen LogP contribution in [0.2, 0.25) is 0 Å². The summed E-state index contributed by atoms with van der Waals surface area (Å²) in [4.78, 5) is 0. The van der Waals surface area contributed by atoms with Crippen molar-refractivity contribution in [3.05, 3.63) is 69.8 Å². The van der Waals surface area contributed by atoms with Gasteiger partial charge in [-0.05, 0) is 81.5 Å². The van der Waals surface area contributed by atoms with Gasteiger partial charge in [-0.25, -0.2) is 35.1 Å². The van der Waals surface area contributed by atoms with Gasteiger partial charge in [0.2, 0.25) is 0 Å². The third-order valence-corrected chi connectivity index (χ3v) is 10.8. The molecule has 2 rings (SSSR count). The van der Waals surface area contributed by atoms with Crippen LogP contribution in [0.5, 0.6) is 0 Å². The maximum Gasteiger partial charge on any atom is 0.278 e. The molecule has 0 amide bonds. The summed E-state index contributed by atoms with van der Waals surface area (Å²) < 4.78 is 118. The second-order valence-corrected chi connectivity index (χ2v) is 15.0. The van der Waals surface area contributed by atoms with E-state index in [4.69, 9.17) is 9.47 Å². The van der Waals surface area contributed by atoms with Crippen LogP contribution in [0.3, 0.4) is 0 Å². The highest BCUT2D eigenvalue weighted by atomic mass is 19.2. The Bertz CT molecular complexity index is 1380. The zero-order chi connectivity index (χ0) is 42.3. The molecule has 0 aromatic heterocycles. The minimum absolute atomic E-state index is 0.0149. The predicted molar refractivity (Wildman–Crippen MR) is 202 cm³/mol. The van der Waals surface area contributed by atoms with E-state index in [2.05, 4.69) is 13.8 Å². The lowest BCUT2D eigenvalue weighted by Gasteiger charge is -2.35. The molecule has 0 heterocycles. The van der Waals surface area contributed by atoms with Gasteiger partial charge >= 0.3 is 0 Å². The molecule has 13 heteroatoms. The molecule has 0 saturated carbocycles. The summed E-state index contributed by atoms with van der Waals surface area (Å²) in [6, 6.07) is 1.38. The first-order valence-corrected chi connectivity index (χ1v) is 20.4. The first-order chi connectivity index (χ1) is 26.5. The lowest BCUT2D eigenvalue weighted by molar-refractivity contribution is -0.344. The minimum Gasteiger partial charge on any atom is -0.353 e. The summed E-state index contributed by atoms with van der Waals surface area (Å²) in [5.74, 6) is -16.8. The van der Waals surface area contributed by atoms with Crippen molar-refractivity contribution >= 4 is 0 Å². The summed E-state index contributed by atoms with van der Waals surface area (Å²) in [6.07, 6.45) is 17.9. The van der Waals surface area contributed by atoms with Crippen molar-refractivity contribution in [3.8, 4) is 0 Å². The Kier molecular flexibility index (Phi) is 25.3. The summed E-state index contributed by atoms with van der Waals surface area (Å²) in [5.41, 5.74) is -0.391. The van der Waals surface area contributed by atoms with E-state index in [1.807, 2.05) is 6.92 Å². The van der Waals surface area contributed by atoms with Crippen LogP contribution in [0.4, 0.5) is 35.1 Å². The first kappa shape index (κ1) is 51.7. The SMILES string of the molecule is CCCCCCCCC(CCCCc1cc(F)c(F)c(F)c1F)C(C)(OC)OC.CCCCCCCCC(CCCCc1cc(F)c(F)c(F)c1F)C(O)(O)O. The van der Waals surface area contributed by atoms with Crippen LogP contribution in [0.25, 0.3) is 0 Å². The highest BCUT2D eigenvalue weighted by Crippen LogP contribution is 2.33. The van der Waals surface area contributed by atoms with E-state index in [1.165, 1.54) is 32.1 Å². The summed E-state index contributed by atoms with van der Waals surface area (Å²) >= 11 is 0. The molecule has 2 atom stereocenters. The van der Waals surface area contributed by atoms with E-state index in [0.29, 0.717) is 31.7 Å².